The normalized spacial score (nSPS) is 22.1. The van der Waals surface area contributed by atoms with E-state index in [0.717, 1.165) is 0 Å². The highest BCUT2D eigenvalue weighted by Crippen LogP contribution is 2.36. The first kappa shape index (κ1) is 13.1. The molecule has 0 heterocycles. The van der Waals surface area contributed by atoms with Crippen molar-refractivity contribution < 1.29 is 13.9 Å². The van der Waals surface area contributed by atoms with E-state index in [1.54, 1.807) is 0 Å². The number of hydrogen-bond donors (Lipinski definition) is 2. The Morgan fingerprint density at radius 2 is 1.85 bits per heavy atom. The maximum atomic E-state index is 11.1. The molecule has 0 aromatic rings. The van der Waals surface area contributed by atoms with Crippen molar-refractivity contribution >= 4 is 7.37 Å². The number of hydrogen-bond acceptors (Lipinski definition) is 2. The number of quaternary nitrogens is 1. The van der Waals surface area contributed by atoms with Gasteiger partial charge in [-0.2, -0.15) is 0 Å². The van der Waals surface area contributed by atoms with Gasteiger partial charge in [0.15, 0.2) is 7.37 Å². The number of nitrogens with two attached hydrogens (primary N) is 1. The van der Waals surface area contributed by atoms with Crippen LogP contribution in [0.4, 0.5) is 0 Å². The molecule has 0 aromatic heterocycles. The SMILES string of the molecule is CC(C(N)CP(C)(=O)O)[N+](C)(C)C. The van der Waals surface area contributed by atoms with Crippen LogP contribution < -0.4 is 5.73 Å². The molecular weight excluding hydrogens is 187 g/mol. The van der Waals surface area contributed by atoms with Crippen LogP contribution in [0.2, 0.25) is 0 Å². The average Bonchev–Trinajstić information content (AvgIpc) is 1.79. The van der Waals surface area contributed by atoms with Crippen LogP contribution in [0.15, 0.2) is 0 Å². The second kappa shape index (κ2) is 4.09. The van der Waals surface area contributed by atoms with Crippen LogP contribution in [0, 0.1) is 0 Å². The molecule has 3 atom stereocenters. The van der Waals surface area contributed by atoms with E-state index < -0.39 is 7.37 Å². The first-order chi connectivity index (χ1) is 5.54. The molecule has 0 fully saturated rings. The Labute approximate surface area is 80.8 Å². The molecular formula is C8H22N2O2P+. The Morgan fingerprint density at radius 1 is 1.46 bits per heavy atom. The van der Waals surface area contributed by atoms with Crippen molar-refractivity contribution in [1.29, 1.82) is 0 Å². The molecule has 0 amide bonds. The molecule has 0 aliphatic rings. The standard InChI is InChI=1S/C8H21N2O2P/c1-7(10(2,3)4)8(9)6-13(5,11)12/h7-8H,6,9H2,1-5H3/p+1. The van der Waals surface area contributed by atoms with Gasteiger partial charge in [0.05, 0.1) is 27.2 Å². The van der Waals surface area contributed by atoms with Crippen LogP contribution in [0.1, 0.15) is 6.92 Å². The van der Waals surface area contributed by atoms with Gasteiger partial charge in [-0.3, -0.25) is 4.57 Å². The fourth-order valence-electron chi connectivity index (χ4n) is 1.12. The third kappa shape index (κ3) is 5.42. The quantitative estimate of drug-likeness (QED) is 0.517. The van der Waals surface area contributed by atoms with E-state index in [0.29, 0.717) is 4.48 Å². The summed E-state index contributed by atoms with van der Waals surface area (Å²) in [5, 5.41) is 0. The summed E-state index contributed by atoms with van der Waals surface area (Å²) in [4.78, 5) is 9.17. The van der Waals surface area contributed by atoms with Crippen molar-refractivity contribution in [2.24, 2.45) is 5.73 Å². The predicted molar refractivity (Wildman–Crippen MR) is 56.1 cm³/mol. The lowest BCUT2D eigenvalue weighted by molar-refractivity contribution is -0.894. The first-order valence-corrected chi connectivity index (χ1v) is 6.69. The molecule has 0 aliphatic carbocycles. The van der Waals surface area contributed by atoms with Crippen molar-refractivity contribution in [1.82, 2.24) is 0 Å². The maximum Gasteiger partial charge on any atom is 0.199 e. The van der Waals surface area contributed by atoms with Crippen LogP contribution >= 0.6 is 7.37 Å². The van der Waals surface area contributed by atoms with Gasteiger partial charge in [0.1, 0.15) is 6.04 Å². The highest BCUT2D eigenvalue weighted by atomic mass is 31.2. The molecule has 0 saturated carbocycles. The van der Waals surface area contributed by atoms with Crippen molar-refractivity contribution in [3.63, 3.8) is 0 Å². The Morgan fingerprint density at radius 3 is 2.08 bits per heavy atom. The first-order valence-electron chi connectivity index (χ1n) is 4.40. The van der Waals surface area contributed by atoms with Gasteiger partial charge in [0.25, 0.3) is 0 Å². The van der Waals surface area contributed by atoms with E-state index >= 15 is 0 Å². The monoisotopic (exact) mass is 209 g/mol. The molecule has 0 spiro atoms. The molecule has 0 saturated heterocycles. The maximum absolute atomic E-state index is 11.1. The average molecular weight is 209 g/mol. The Bertz CT molecular complexity index is 207. The lowest BCUT2D eigenvalue weighted by Crippen LogP contribution is -2.54. The Balaban J connectivity index is 4.29. The minimum atomic E-state index is -2.98. The molecule has 4 nitrogen and oxygen atoms in total. The summed E-state index contributed by atoms with van der Waals surface area (Å²) in [5.74, 6) is 0. The summed E-state index contributed by atoms with van der Waals surface area (Å²) in [6, 6.07) is -0.0405. The van der Waals surface area contributed by atoms with Crippen LogP contribution in [0.3, 0.4) is 0 Å². The van der Waals surface area contributed by atoms with Gasteiger partial charge in [0, 0.05) is 12.8 Å². The van der Waals surface area contributed by atoms with E-state index in [1.165, 1.54) is 6.66 Å². The third-order valence-corrected chi connectivity index (χ3v) is 3.49. The molecule has 0 radical (unpaired) electrons. The highest BCUT2D eigenvalue weighted by Gasteiger charge is 2.29. The van der Waals surface area contributed by atoms with E-state index in [-0.39, 0.29) is 18.2 Å². The topological polar surface area (TPSA) is 63.3 Å². The molecule has 3 N–H and O–H groups in total. The van der Waals surface area contributed by atoms with E-state index in [4.69, 9.17) is 5.73 Å². The van der Waals surface area contributed by atoms with Gasteiger partial charge in [-0.05, 0) is 6.92 Å². The van der Waals surface area contributed by atoms with Crippen LogP contribution in [0.25, 0.3) is 0 Å². The lowest BCUT2D eigenvalue weighted by atomic mass is 10.1. The smallest absolute Gasteiger partial charge is 0.199 e. The number of nitrogens with zero attached hydrogens (tertiary/aromatic N) is 1. The molecule has 13 heavy (non-hydrogen) atoms. The molecule has 0 bridgehead atoms. The van der Waals surface area contributed by atoms with Crippen LogP contribution in [-0.4, -0.2) is 55.4 Å². The number of likely N-dealkylation sites (N-methyl/N-ethyl adjacent to an activating group) is 1. The number of rotatable bonds is 4. The third-order valence-electron chi connectivity index (χ3n) is 2.39. The molecule has 0 aliphatic heterocycles. The highest BCUT2D eigenvalue weighted by molar-refractivity contribution is 7.57. The van der Waals surface area contributed by atoms with Gasteiger partial charge >= 0.3 is 0 Å². The van der Waals surface area contributed by atoms with E-state index in [1.807, 2.05) is 28.1 Å². The molecule has 0 rings (SSSR count). The molecule has 5 heteroatoms. The van der Waals surface area contributed by atoms with Gasteiger partial charge in [-0.1, -0.05) is 0 Å². The van der Waals surface area contributed by atoms with E-state index in [9.17, 15) is 9.46 Å². The zero-order valence-electron chi connectivity index (χ0n) is 9.19. The van der Waals surface area contributed by atoms with Gasteiger partial charge in [-0.15, -0.1) is 0 Å². The summed E-state index contributed by atoms with van der Waals surface area (Å²) in [7, 11) is 3.11. The summed E-state index contributed by atoms with van der Waals surface area (Å²) >= 11 is 0. The minimum absolute atomic E-state index is 0.181. The zero-order chi connectivity index (χ0) is 10.9. The van der Waals surface area contributed by atoms with Gasteiger partial charge < -0.3 is 15.1 Å². The summed E-state index contributed by atoms with van der Waals surface area (Å²) < 4.78 is 11.8. The van der Waals surface area contributed by atoms with E-state index in [2.05, 4.69) is 0 Å². The second-order valence-electron chi connectivity index (χ2n) is 4.75. The molecule has 0 aromatic carbocycles. The van der Waals surface area contributed by atoms with Crippen molar-refractivity contribution in [2.45, 2.75) is 19.0 Å². The predicted octanol–water partition coefficient (Wildman–Crippen LogP) is 0.309. The van der Waals surface area contributed by atoms with Crippen LogP contribution in [-0.2, 0) is 4.57 Å². The lowest BCUT2D eigenvalue weighted by Gasteiger charge is -2.35. The summed E-state index contributed by atoms with van der Waals surface area (Å²) in [5.41, 5.74) is 5.84. The Kier molecular flexibility index (Phi) is 4.13. The Hall–Kier alpha value is 0.110. The van der Waals surface area contributed by atoms with Crippen molar-refractivity contribution in [3.05, 3.63) is 0 Å². The van der Waals surface area contributed by atoms with Crippen LogP contribution in [0.5, 0.6) is 0 Å². The zero-order valence-corrected chi connectivity index (χ0v) is 10.1. The second-order valence-corrected chi connectivity index (χ2v) is 7.22. The molecule has 80 valence electrons. The fourth-order valence-corrected chi connectivity index (χ4v) is 2.21. The van der Waals surface area contributed by atoms with Crippen molar-refractivity contribution in [3.8, 4) is 0 Å². The summed E-state index contributed by atoms with van der Waals surface area (Å²) in [6.45, 7) is 3.36. The minimum Gasteiger partial charge on any atom is -0.344 e. The molecule has 3 unspecified atom stereocenters. The van der Waals surface area contributed by atoms with Gasteiger partial charge in [0.2, 0.25) is 0 Å². The van der Waals surface area contributed by atoms with Gasteiger partial charge in [-0.25, -0.2) is 0 Å². The fraction of sp³-hybridized carbons (Fsp3) is 1.00. The van der Waals surface area contributed by atoms with Crippen molar-refractivity contribution in [2.75, 3.05) is 34.0 Å². The largest absolute Gasteiger partial charge is 0.344 e. The summed E-state index contributed by atoms with van der Waals surface area (Å²) in [6.07, 6.45) is 0.198.